The molecule has 188 valence electrons. The van der Waals surface area contributed by atoms with Crippen molar-refractivity contribution < 1.29 is 4.79 Å². The lowest BCUT2D eigenvalue weighted by Gasteiger charge is -2.08. The normalized spacial score (nSPS) is 10.4. The molecular weight excluding hydrogens is 450 g/mol. The number of nitrogens with zero attached hydrogens (tertiary/aromatic N) is 1. The van der Waals surface area contributed by atoms with Crippen LogP contribution in [0.25, 0.3) is 10.4 Å². The summed E-state index contributed by atoms with van der Waals surface area (Å²) in [5.41, 5.74) is 12.2. The first-order chi connectivity index (χ1) is 16.8. The van der Waals surface area contributed by atoms with Crippen molar-refractivity contribution >= 4 is 22.9 Å². The van der Waals surface area contributed by atoms with E-state index in [1.807, 2.05) is 46.0 Å². The van der Waals surface area contributed by atoms with Gasteiger partial charge in [0.2, 0.25) is 0 Å². The number of ketones is 1. The number of rotatable bonds is 9. The van der Waals surface area contributed by atoms with Crippen molar-refractivity contribution in [1.29, 1.82) is 0 Å². The van der Waals surface area contributed by atoms with Crippen molar-refractivity contribution in [3.8, 4) is 10.4 Å². The van der Waals surface area contributed by atoms with Gasteiger partial charge in [0.1, 0.15) is 11.6 Å². The van der Waals surface area contributed by atoms with Crippen LogP contribution < -0.4 is 11.1 Å². The zero-order valence-electron chi connectivity index (χ0n) is 22.2. The largest absolute Gasteiger partial charge is 0.402 e. The molecule has 0 aliphatic carbocycles. The molecule has 0 amide bonds. The Hall–Kier alpha value is -3.18. The molecule has 2 heterocycles. The van der Waals surface area contributed by atoms with Crippen LogP contribution in [-0.2, 0) is 17.8 Å². The summed E-state index contributed by atoms with van der Waals surface area (Å²) in [4.78, 5) is 16.7. The minimum atomic E-state index is 0.237. The lowest BCUT2D eigenvalue weighted by atomic mass is 10.0. The molecule has 0 aliphatic heterocycles. The van der Waals surface area contributed by atoms with Crippen molar-refractivity contribution in [2.75, 3.05) is 5.32 Å². The van der Waals surface area contributed by atoms with E-state index < -0.39 is 0 Å². The third kappa shape index (κ3) is 11.7. The lowest BCUT2D eigenvalue weighted by molar-refractivity contribution is -0.116. The highest BCUT2D eigenvalue weighted by atomic mass is 32.1. The molecule has 1 aromatic carbocycles. The van der Waals surface area contributed by atoms with E-state index in [1.54, 1.807) is 18.3 Å². The van der Waals surface area contributed by atoms with Gasteiger partial charge in [0.15, 0.2) is 0 Å². The molecule has 0 fully saturated rings. The van der Waals surface area contributed by atoms with E-state index in [1.165, 1.54) is 32.7 Å². The maximum Gasteiger partial charge on any atom is 0.130 e. The summed E-state index contributed by atoms with van der Waals surface area (Å²) >= 11 is 1.75. The van der Waals surface area contributed by atoms with Gasteiger partial charge in [-0.1, -0.05) is 56.3 Å². The molecule has 0 unspecified atom stereocenters. The Kier molecular flexibility index (Phi) is 14.0. The van der Waals surface area contributed by atoms with Gasteiger partial charge in [-0.3, -0.25) is 0 Å². The summed E-state index contributed by atoms with van der Waals surface area (Å²) < 4.78 is 0. The molecule has 5 heteroatoms. The molecule has 0 spiro atoms. The highest BCUT2D eigenvalue weighted by Gasteiger charge is 2.08. The summed E-state index contributed by atoms with van der Waals surface area (Å²) in [5.74, 6) is 1.14. The first-order valence-electron chi connectivity index (χ1n) is 12.1. The van der Waals surface area contributed by atoms with Crippen LogP contribution in [0.3, 0.4) is 0 Å². The van der Waals surface area contributed by atoms with Crippen LogP contribution in [0.2, 0.25) is 0 Å². The van der Waals surface area contributed by atoms with Gasteiger partial charge >= 0.3 is 0 Å². The molecule has 3 N–H and O–H groups in total. The molecule has 0 aliphatic rings. The monoisotopic (exact) mass is 491 g/mol. The average molecular weight is 492 g/mol. The molecule has 0 atom stereocenters. The van der Waals surface area contributed by atoms with Crippen molar-refractivity contribution in [3.63, 3.8) is 0 Å². The molecular formula is C30H41N3OS. The summed E-state index contributed by atoms with van der Waals surface area (Å²) in [6, 6.07) is 14.7. The Balaban J connectivity index is 0.000000523. The Bertz CT molecular complexity index is 1080. The fourth-order valence-corrected chi connectivity index (χ4v) is 4.08. The van der Waals surface area contributed by atoms with Crippen LogP contribution in [-0.4, -0.2) is 10.8 Å². The molecule has 0 saturated carbocycles. The van der Waals surface area contributed by atoms with Crippen molar-refractivity contribution in [1.82, 2.24) is 4.98 Å². The van der Waals surface area contributed by atoms with Crippen molar-refractivity contribution in [3.05, 3.63) is 94.7 Å². The molecule has 35 heavy (non-hydrogen) atoms. The number of hydrogen-bond acceptors (Lipinski definition) is 5. The van der Waals surface area contributed by atoms with Crippen LogP contribution in [0.15, 0.2) is 78.0 Å². The second-order valence-electron chi connectivity index (χ2n) is 8.22. The third-order valence-electron chi connectivity index (χ3n) is 5.10. The number of anilines is 1. The van der Waals surface area contributed by atoms with Gasteiger partial charge in [-0.15, -0.1) is 11.3 Å². The maximum atomic E-state index is 11.1. The van der Waals surface area contributed by atoms with E-state index in [0.29, 0.717) is 6.42 Å². The molecule has 3 rings (SSSR count). The van der Waals surface area contributed by atoms with E-state index in [9.17, 15) is 4.79 Å². The standard InChI is InChI=1S/C21H22N2OS.C7H13N.C2H6/c1-15-9-11-22-20(13-15)23-14-19-10-12-25-21(19)18-7-5-17(6-8-18)4-3-16(2)24;1-4-6(2)5-7(3)8;1-2/h5-13H,3-4,14H2,1-2H3,(H,22,23);4H,3,5,8H2,1-2H3;1-2H3/b;6-4-;. The average Bonchev–Trinajstić information content (AvgIpc) is 3.32. The molecule has 3 aromatic rings. The number of allylic oxidation sites excluding steroid dienone is 2. The number of benzene rings is 1. The first-order valence-corrected chi connectivity index (χ1v) is 13.0. The Morgan fingerprint density at radius 3 is 2.37 bits per heavy atom. The highest BCUT2D eigenvalue weighted by molar-refractivity contribution is 7.13. The zero-order valence-corrected chi connectivity index (χ0v) is 23.0. The highest BCUT2D eigenvalue weighted by Crippen LogP contribution is 2.30. The van der Waals surface area contributed by atoms with E-state index in [-0.39, 0.29) is 5.78 Å². The first kappa shape index (κ1) is 29.9. The maximum absolute atomic E-state index is 11.1. The summed E-state index contributed by atoms with van der Waals surface area (Å²) in [6.45, 7) is 16.1. The summed E-state index contributed by atoms with van der Waals surface area (Å²) in [7, 11) is 0. The minimum Gasteiger partial charge on any atom is -0.402 e. The van der Waals surface area contributed by atoms with Gasteiger partial charge in [0.05, 0.1) is 0 Å². The zero-order chi connectivity index (χ0) is 26.2. The number of carbonyl (C=O) groups excluding carboxylic acids is 1. The lowest BCUT2D eigenvalue weighted by Crippen LogP contribution is -2.01. The second kappa shape index (κ2) is 16.4. The molecule has 4 nitrogen and oxygen atoms in total. The number of aromatic nitrogens is 1. The molecule has 2 aromatic heterocycles. The van der Waals surface area contributed by atoms with E-state index >= 15 is 0 Å². The number of thiophene rings is 1. The van der Waals surface area contributed by atoms with E-state index in [4.69, 9.17) is 5.73 Å². The van der Waals surface area contributed by atoms with Crippen LogP contribution >= 0.6 is 11.3 Å². The van der Waals surface area contributed by atoms with Gasteiger partial charge in [0.25, 0.3) is 0 Å². The van der Waals surface area contributed by atoms with Crippen LogP contribution in [0.1, 0.15) is 64.2 Å². The number of aryl methyl sites for hydroxylation is 2. The topological polar surface area (TPSA) is 68.0 Å². The number of hydrogen-bond donors (Lipinski definition) is 2. The fraction of sp³-hybridized carbons (Fsp3) is 0.333. The summed E-state index contributed by atoms with van der Waals surface area (Å²) in [6.07, 6.45) is 6.12. The van der Waals surface area contributed by atoms with Gasteiger partial charge in [0, 0.05) is 36.2 Å². The second-order valence-corrected chi connectivity index (χ2v) is 9.13. The number of Topliss-reactive ketones (excluding diaryl/α,β-unsaturated/α-hetero) is 1. The third-order valence-corrected chi connectivity index (χ3v) is 6.11. The van der Waals surface area contributed by atoms with E-state index in [2.05, 4.69) is 65.6 Å². The van der Waals surface area contributed by atoms with Crippen LogP contribution in [0, 0.1) is 6.92 Å². The Morgan fingerprint density at radius 1 is 1.14 bits per heavy atom. The Morgan fingerprint density at radius 2 is 1.83 bits per heavy atom. The minimum absolute atomic E-state index is 0.237. The van der Waals surface area contributed by atoms with Crippen LogP contribution in [0.5, 0.6) is 0 Å². The number of pyridine rings is 1. The smallest absolute Gasteiger partial charge is 0.130 e. The van der Waals surface area contributed by atoms with Gasteiger partial charge in [-0.2, -0.15) is 0 Å². The molecule has 0 saturated heterocycles. The van der Waals surface area contributed by atoms with E-state index in [0.717, 1.165) is 30.9 Å². The predicted molar refractivity (Wildman–Crippen MR) is 154 cm³/mol. The fourth-order valence-electron chi connectivity index (χ4n) is 3.15. The number of nitrogens with one attached hydrogen (secondary N) is 1. The Labute approximate surface area is 216 Å². The number of carbonyl (C=O) groups is 1. The van der Waals surface area contributed by atoms with Crippen molar-refractivity contribution in [2.45, 2.75) is 67.3 Å². The molecule has 0 radical (unpaired) electrons. The predicted octanol–water partition coefficient (Wildman–Crippen LogP) is 8.09. The van der Waals surface area contributed by atoms with Gasteiger partial charge in [-0.25, -0.2) is 4.98 Å². The van der Waals surface area contributed by atoms with Gasteiger partial charge in [-0.05, 0) is 79.9 Å². The summed E-state index contributed by atoms with van der Waals surface area (Å²) in [5, 5.41) is 5.52. The quantitative estimate of drug-likeness (QED) is 0.297. The van der Waals surface area contributed by atoms with Gasteiger partial charge < -0.3 is 15.8 Å². The van der Waals surface area contributed by atoms with Crippen LogP contribution in [0.4, 0.5) is 5.82 Å². The van der Waals surface area contributed by atoms with Crippen molar-refractivity contribution in [2.24, 2.45) is 5.73 Å². The SMILES string of the molecule is C=C(N)C/C(C)=C\C.CC.CC(=O)CCc1ccc(-c2sccc2CNc2cc(C)ccn2)cc1. The molecule has 0 bridgehead atoms. The number of nitrogens with two attached hydrogens (primary N) is 1.